The van der Waals surface area contributed by atoms with Crippen molar-refractivity contribution in [2.45, 2.75) is 52.9 Å². The van der Waals surface area contributed by atoms with Crippen molar-refractivity contribution >= 4 is 5.78 Å². The molecule has 0 atom stereocenters. The smallest absolute Gasteiger partial charge is 0.168 e. The topological polar surface area (TPSA) is 17.1 Å². The number of carbonyl (C=O) groups is 1. The third-order valence-corrected chi connectivity index (χ3v) is 3.90. The van der Waals surface area contributed by atoms with Crippen LogP contribution in [0.3, 0.4) is 0 Å². The molecule has 0 aliphatic heterocycles. The third-order valence-electron chi connectivity index (χ3n) is 3.90. The summed E-state index contributed by atoms with van der Waals surface area (Å²) in [5.41, 5.74) is 3.32. The summed E-state index contributed by atoms with van der Waals surface area (Å²) in [6.07, 6.45) is 2.09. The highest BCUT2D eigenvalue weighted by Gasteiger charge is 2.45. The summed E-state index contributed by atoms with van der Waals surface area (Å²) < 4.78 is 0. The molecular formula is C16H22O. The molecule has 17 heavy (non-hydrogen) atoms. The molecule has 1 nitrogen and oxygen atoms in total. The zero-order valence-corrected chi connectivity index (χ0v) is 11.6. The van der Waals surface area contributed by atoms with E-state index in [9.17, 15) is 4.79 Å². The highest BCUT2D eigenvalue weighted by atomic mass is 16.1. The van der Waals surface area contributed by atoms with Crippen LogP contribution in [0.4, 0.5) is 0 Å². The number of ketones is 1. The van der Waals surface area contributed by atoms with E-state index in [4.69, 9.17) is 0 Å². The quantitative estimate of drug-likeness (QED) is 0.693. The maximum atomic E-state index is 12.4. The maximum absolute atomic E-state index is 12.4. The monoisotopic (exact) mass is 230 g/mol. The van der Waals surface area contributed by atoms with E-state index in [0.29, 0.717) is 5.78 Å². The predicted molar refractivity (Wildman–Crippen MR) is 71.6 cm³/mol. The molecule has 1 aliphatic carbocycles. The Hall–Kier alpha value is -1.11. The number of hydrogen-bond acceptors (Lipinski definition) is 1. The van der Waals surface area contributed by atoms with Gasteiger partial charge in [0.2, 0.25) is 0 Å². The number of Topliss-reactive ketones (excluding diaryl/α,β-unsaturated/α-hetero) is 1. The summed E-state index contributed by atoms with van der Waals surface area (Å²) in [4.78, 5) is 12.4. The van der Waals surface area contributed by atoms with Gasteiger partial charge in [-0.3, -0.25) is 4.79 Å². The Morgan fingerprint density at radius 3 is 2.29 bits per heavy atom. The average molecular weight is 230 g/mol. The molecule has 0 N–H and O–H groups in total. The lowest BCUT2D eigenvalue weighted by Gasteiger charge is -2.21. The Bertz CT molecular complexity index is 459. The molecule has 0 bridgehead atoms. The van der Waals surface area contributed by atoms with Crippen molar-refractivity contribution < 1.29 is 4.79 Å². The summed E-state index contributed by atoms with van der Waals surface area (Å²) in [6.45, 7) is 10.7. The molecule has 1 aromatic carbocycles. The summed E-state index contributed by atoms with van der Waals surface area (Å²) in [7, 11) is 0. The highest BCUT2D eigenvalue weighted by Crippen LogP contribution is 2.48. The van der Waals surface area contributed by atoms with Gasteiger partial charge in [0, 0.05) is 11.0 Å². The number of rotatable bonds is 2. The molecule has 1 aliphatic rings. The van der Waals surface area contributed by atoms with Crippen LogP contribution in [0.5, 0.6) is 0 Å². The van der Waals surface area contributed by atoms with Crippen molar-refractivity contribution in [1.29, 1.82) is 0 Å². The van der Waals surface area contributed by atoms with Gasteiger partial charge in [-0.2, -0.15) is 0 Å². The minimum atomic E-state index is -0.0682. The Morgan fingerprint density at radius 1 is 1.24 bits per heavy atom. The lowest BCUT2D eigenvalue weighted by Crippen LogP contribution is -2.17. The van der Waals surface area contributed by atoms with Gasteiger partial charge in [-0.25, -0.2) is 0 Å². The van der Waals surface area contributed by atoms with E-state index in [1.54, 1.807) is 0 Å². The summed E-state index contributed by atoms with van der Waals surface area (Å²) >= 11 is 0. The molecular weight excluding hydrogens is 208 g/mol. The van der Waals surface area contributed by atoms with Crippen molar-refractivity contribution in [3.05, 3.63) is 34.9 Å². The fourth-order valence-corrected chi connectivity index (χ4v) is 2.07. The summed E-state index contributed by atoms with van der Waals surface area (Å²) in [5, 5.41) is 0. The van der Waals surface area contributed by atoms with E-state index < -0.39 is 0 Å². The van der Waals surface area contributed by atoms with Gasteiger partial charge in [0.05, 0.1) is 0 Å². The summed E-state index contributed by atoms with van der Waals surface area (Å²) in [6, 6.07) is 6.32. The predicted octanol–water partition coefficient (Wildman–Crippen LogP) is 4.28. The maximum Gasteiger partial charge on any atom is 0.168 e. The van der Waals surface area contributed by atoms with Gasteiger partial charge in [-0.05, 0) is 42.4 Å². The first-order valence-electron chi connectivity index (χ1n) is 6.40. The van der Waals surface area contributed by atoms with Gasteiger partial charge in [-0.1, -0.05) is 39.8 Å². The average Bonchev–Trinajstić information content (AvgIpc) is 2.96. The number of benzene rings is 1. The molecule has 1 aromatic rings. The van der Waals surface area contributed by atoms with E-state index in [-0.39, 0.29) is 10.8 Å². The van der Waals surface area contributed by atoms with Crippen molar-refractivity contribution in [3.8, 4) is 0 Å². The van der Waals surface area contributed by atoms with E-state index in [1.807, 2.05) is 6.92 Å². The first kappa shape index (κ1) is 12.3. The molecule has 1 heteroatoms. The lowest BCUT2D eigenvalue weighted by atomic mass is 9.83. The van der Waals surface area contributed by atoms with Crippen LogP contribution in [-0.4, -0.2) is 5.78 Å². The van der Waals surface area contributed by atoms with E-state index in [2.05, 4.69) is 45.9 Å². The Kier molecular flexibility index (Phi) is 2.68. The SMILES string of the molecule is Cc1ccc(C(C)(C)C)cc1C(=O)C1(C)CC1. The van der Waals surface area contributed by atoms with Crippen LogP contribution in [0.1, 0.15) is 62.0 Å². The molecule has 0 radical (unpaired) electrons. The molecule has 0 heterocycles. The molecule has 0 saturated heterocycles. The molecule has 1 fully saturated rings. The van der Waals surface area contributed by atoms with Crippen LogP contribution in [0.25, 0.3) is 0 Å². The van der Waals surface area contributed by atoms with Crippen LogP contribution in [0, 0.1) is 12.3 Å². The van der Waals surface area contributed by atoms with Gasteiger partial charge in [0.25, 0.3) is 0 Å². The van der Waals surface area contributed by atoms with Crippen LogP contribution in [0.2, 0.25) is 0 Å². The molecule has 0 spiro atoms. The van der Waals surface area contributed by atoms with Crippen molar-refractivity contribution in [3.63, 3.8) is 0 Å². The first-order chi connectivity index (χ1) is 7.74. The van der Waals surface area contributed by atoms with Crippen LogP contribution in [-0.2, 0) is 5.41 Å². The fraction of sp³-hybridized carbons (Fsp3) is 0.562. The van der Waals surface area contributed by atoms with Gasteiger partial charge in [0.1, 0.15) is 0 Å². The first-order valence-corrected chi connectivity index (χ1v) is 6.40. The van der Waals surface area contributed by atoms with Crippen LogP contribution in [0.15, 0.2) is 18.2 Å². The largest absolute Gasteiger partial charge is 0.294 e. The molecule has 0 amide bonds. The normalized spacial score (nSPS) is 17.9. The molecule has 0 unspecified atom stereocenters. The van der Waals surface area contributed by atoms with E-state index in [1.165, 1.54) is 5.56 Å². The van der Waals surface area contributed by atoms with E-state index >= 15 is 0 Å². The van der Waals surface area contributed by atoms with Crippen molar-refractivity contribution in [1.82, 2.24) is 0 Å². The van der Waals surface area contributed by atoms with Crippen molar-refractivity contribution in [2.24, 2.45) is 5.41 Å². The Balaban J connectivity index is 2.43. The zero-order valence-electron chi connectivity index (χ0n) is 11.6. The van der Waals surface area contributed by atoms with Gasteiger partial charge < -0.3 is 0 Å². The standard InChI is InChI=1S/C16H22O/c1-11-6-7-12(15(2,3)4)10-13(11)14(17)16(5)8-9-16/h6-7,10H,8-9H2,1-5H3. The fourth-order valence-electron chi connectivity index (χ4n) is 2.07. The third kappa shape index (κ3) is 2.29. The molecule has 2 rings (SSSR count). The minimum Gasteiger partial charge on any atom is -0.294 e. The summed E-state index contributed by atoms with van der Waals surface area (Å²) in [5.74, 6) is 0.334. The second-order valence-electron chi connectivity index (χ2n) is 6.67. The minimum absolute atomic E-state index is 0.0682. The Labute approximate surface area is 104 Å². The number of aryl methyl sites for hydroxylation is 1. The van der Waals surface area contributed by atoms with Gasteiger partial charge in [-0.15, -0.1) is 0 Å². The molecule has 1 saturated carbocycles. The number of hydrogen-bond donors (Lipinski definition) is 0. The Morgan fingerprint density at radius 2 is 1.82 bits per heavy atom. The van der Waals surface area contributed by atoms with Crippen LogP contribution < -0.4 is 0 Å². The van der Waals surface area contributed by atoms with Crippen molar-refractivity contribution in [2.75, 3.05) is 0 Å². The van der Waals surface area contributed by atoms with E-state index in [0.717, 1.165) is 24.0 Å². The highest BCUT2D eigenvalue weighted by molar-refractivity contribution is 6.03. The zero-order chi connectivity index (χ0) is 12.8. The second kappa shape index (κ2) is 3.69. The number of carbonyl (C=O) groups excluding carboxylic acids is 1. The second-order valence-corrected chi connectivity index (χ2v) is 6.67. The molecule has 0 aromatic heterocycles. The lowest BCUT2D eigenvalue weighted by molar-refractivity contribution is 0.0912. The van der Waals surface area contributed by atoms with Gasteiger partial charge >= 0.3 is 0 Å². The van der Waals surface area contributed by atoms with Gasteiger partial charge in [0.15, 0.2) is 5.78 Å². The van der Waals surface area contributed by atoms with Crippen LogP contribution >= 0.6 is 0 Å². The molecule has 92 valence electrons.